The number of amides is 1. The lowest BCUT2D eigenvalue weighted by Gasteiger charge is -2.05. The SMILES string of the molecule is O=C(Nc1nnc(Br)s1)c1c(O)c2ccc(Cl)cc2oc1=O. The van der Waals surface area contributed by atoms with Crippen LogP contribution in [0.15, 0.2) is 31.3 Å². The van der Waals surface area contributed by atoms with Crippen molar-refractivity contribution in [3.63, 3.8) is 0 Å². The van der Waals surface area contributed by atoms with E-state index in [1.54, 1.807) is 0 Å². The zero-order valence-electron chi connectivity index (χ0n) is 10.5. The van der Waals surface area contributed by atoms with Crippen LogP contribution >= 0.6 is 38.9 Å². The van der Waals surface area contributed by atoms with Gasteiger partial charge in [0.1, 0.15) is 11.3 Å². The van der Waals surface area contributed by atoms with Crippen LogP contribution in [-0.4, -0.2) is 21.2 Å². The van der Waals surface area contributed by atoms with E-state index in [9.17, 15) is 14.7 Å². The third-order valence-electron chi connectivity index (χ3n) is 2.69. The Labute approximate surface area is 139 Å². The maximum atomic E-state index is 12.1. The summed E-state index contributed by atoms with van der Waals surface area (Å²) in [5, 5.41) is 20.6. The molecule has 3 aromatic rings. The minimum Gasteiger partial charge on any atom is -0.506 e. The van der Waals surface area contributed by atoms with E-state index in [0.29, 0.717) is 8.94 Å². The summed E-state index contributed by atoms with van der Waals surface area (Å²) in [6.07, 6.45) is 0. The molecule has 0 saturated carbocycles. The first-order valence-corrected chi connectivity index (χ1v) is 7.70. The monoisotopic (exact) mass is 401 g/mol. The number of hydrogen-bond donors (Lipinski definition) is 2. The lowest BCUT2D eigenvalue weighted by Crippen LogP contribution is -2.21. The molecular formula is C12H5BrClN3O4S. The predicted molar refractivity (Wildman–Crippen MR) is 84.7 cm³/mol. The maximum absolute atomic E-state index is 12.1. The van der Waals surface area contributed by atoms with Crippen molar-refractivity contribution >= 4 is 60.9 Å². The minimum atomic E-state index is -0.978. The molecule has 0 aliphatic heterocycles. The number of anilines is 1. The molecule has 3 rings (SSSR count). The summed E-state index contributed by atoms with van der Waals surface area (Å²) in [5.41, 5.74) is -1.40. The van der Waals surface area contributed by atoms with Gasteiger partial charge in [-0.1, -0.05) is 22.9 Å². The molecule has 1 aromatic carbocycles. The van der Waals surface area contributed by atoms with Gasteiger partial charge in [0.2, 0.25) is 5.13 Å². The molecule has 1 amide bonds. The minimum absolute atomic E-state index is 0.0882. The van der Waals surface area contributed by atoms with Crippen LogP contribution in [0.4, 0.5) is 5.13 Å². The summed E-state index contributed by atoms with van der Waals surface area (Å²) < 4.78 is 5.48. The van der Waals surface area contributed by atoms with E-state index in [-0.39, 0.29) is 16.1 Å². The molecule has 0 fully saturated rings. The zero-order valence-corrected chi connectivity index (χ0v) is 13.6. The van der Waals surface area contributed by atoms with Gasteiger partial charge in [-0.25, -0.2) is 4.79 Å². The van der Waals surface area contributed by atoms with E-state index in [4.69, 9.17) is 16.0 Å². The van der Waals surface area contributed by atoms with Gasteiger partial charge in [-0.3, -0.25) is 10.1 Å². The third-order valence-corrected chi connectivity index (χ3v) is 4.20. The number of nitrogens with one attached hydrogen (secondary N) is 1. The quantitative estimate of drug-likeness (QED) is 0.638. The second kappa shape index (κ2) is 5.67. The average Bonchev–Trinajstić information content (AvgIpc) is 2.83. The average molecular weight is 403 g/mol. The van der Waals surface area contributed by atoms with E-state index in [2.05, 4.69) is 31.4 Å². The molecule has 0 radical (unpaired) electrons. The molecule has 7 nitrogen and oxygen atoms in total. The number of halogens is 2. The van der Waals surface area contributed by atoms with E-state index in [1.165, 1.54) is 18.2 Å². The Balaban J connectivity index is 2.08. The van der Waals surface area contributed by atoms with E-state index >= 15 is 0 Å². The van der Waals surface area contributed by atoms with Gasteiger partial charge in [0.05, 0.1) is 5.39 Å². The van der Waals surface area contributed by atoms with Gasteiger partial charge >= 0.3 is 5.63 Å². The van der Waals surface area contributed by atoms with Crippen molar-refractivity contribution in [1.29, 1.82) is 0 Å². The topological polar surface area (TPSA) is 105 Å². The summed E-state index contributed by atoms with van der Waals surface area (Å²) in [5.74, 6) is -1.32. The summed E-state index contributed by atoms with van der Waals surface area (Å²) >= 11 is 9.95. The number of aromatic hydroxyl groups is 1. The Kier molecular flexibility index (Phi) is 3.85. The van der Waals surface area contributed by atoms with Gasteiger partial charge in [0.15, 0.2) is 9.48 Å². The lowest BCUT2D eigenvalue weighted by molar-refractivity contribution is 0.102. The fourth-order valence-electron chi connectivity index (χ4n) is 1.77. The summed E-state index contributed by atoms with van der Waals surface area (Å²) in [6.45, 7) is 0. The van der Waals surface area contributed by atoms with Gasteiger partial charge in [-0.2, -0.15) is 0 Å². The van der Waals surface area contributed by atoms with Crippen LogP contribution in [0.3, 0.4) is 0 Å². The van der Waals surface area contributed by atoms with Crippen molar-refractivity contribution in [3.8, 4) is 5.75 Å². The first-order valence-electron chi connectivity index (χ1n) is 5.71. The Bertz CT molecular complexity index is 955. The van der Waals surface area contributed by atoms with Gasteiger partial charge in [-0.15, -0.1) is 10.2 Å². The van der Waals surface area contributed by atoms with Crippen LogP contribution in [0.1, 0.15) is 10.4 Å². The first kappa shape index (κ1) is 14.9. The molecule has 10 heteroatoms. The summed E-state index contributed by atoms with van der Waals surface area (Å²) in [7, 11) is 0. The number of rotatable bonds is 2. The van der Waals surface area contributed by atoms with Crippen molar-refractivity contribution in [2.24, 2.45) is 0 Å². The standard InChI is InChI=1S/C12H5BrClN3O4S/c13-11-16-17-12(22-11)15-9(19)7-8(18)5-2-1-4(14)3-6(5)21-10(7)20/h1-3,18H,(H,15,17,19). The summed E-state index contributed by atoms with van der Waals surface area (Å²) in [4.78, 5) is 24.1. The molecular weight excluding hydrogens is 398 g/mol. The molecule has 2 aromatic heterocycles. The second-order valence-electron chi connectivity index (χ2n) is 4.07. The number of fused-ring (bicyclic) bond motifs is 1. The first-order chi connectivity index (χ1) is 10.5. The van der Waals surface area contributed by atoms with Gasteiger partial charge in [-0.05, 0) is 28.1 Å². The fraction of sp³-hybridized carbons (Fsp3) is 0. The smallest absolute Gasteiger partial charge is 0.353 e. The second-order valence-corrected chi connectivity index (χ2v) is 6.76. The van der Waals surface area contributed by atoms with Crippen molar-refractivity contribution < 1.29 is 14.3 Å². The lowest BCUT2D eigenvalue weighted by atomic mass is 10.1. The van der Waals surface area contributed by atoms with E-state index in [1.807, 2.05) is 0 Å². The molecule has 0 saturated heterocycles. The van der Waals surface area contributed by atoms with Crippen LogP contribution in [0.25, 0.3) is 11.0 Å². The van der Waals surface area contributed by atoms with Gasteiger partial charge < -0.3 is 9.52 Å². The largest absolute Gasteiger partial charge is 0.506 e. The van der Waals surface area contributed by atoms with Crippen LogP contribution in [0.5, 0.6) is 5.75 Å². The van der Waals surface area contributed by atoms with Crippen LogP contribution in [0, 0.1) is 0 Å². The molecule has 2 N–H and O–H groups in total. The highest BCUT2D eigenvalue weighted by Crippen LogP contribution is 2.29. The van der Waals surface area contributed by atoms with Crippen LogP contribution in [0.2, 0.25) is 5.02 Å². The number of carbonyl (C=O) groups is 1. The van der Waals surface area contributed by atoms with Gasteiger partial charge in [0, 0.05) is 11.1 Å². The third kappa shape index (κ3) is 2.70. The molecule has 0 aliphatic carbocycles. The number of benzene rings is 1. The normalized spacial score (nSPS) is 10.8. The van der Waals surface area contributed by atoms with Crippen LogP contribution in [-0.2, 0) is 0 Å². The number of aromatic nitrogens is 2. The molecule has 0 atom stereocenters. The van der Waals surface area contributed by atoms with Gasteiger partial charge in [0.25, 0.3) is 5.91 Å². The Morgan fingerprint density at radius 2 is 2.18 bits per heavy atom. The molecule has 0 unspecified atom stereocenters. The number of carbonyl (C=O) groups excluding carboxylic acids is 1. The van der Waals surface area contributed by atoms with Crippen molar-refractivity contribution in [1.82, 2.24) is 10.2 Å². The molecule has 0 bridgehead atoms. The number of nitrogens with zero attached hydrogens (tertiary/aromatic N) is 2. The molecule has 112 valence electrons. The fourth-order valence-corrected chi connectivity index (χ4v) is 2.94. The predicted octanol–water partition coefficient (Wildman–Crippen LogP) is 3.02. The molecule has 0 spiro atoms. The highest BCUT2D eigenvalue weighted by molar-refractivity contribution is 9.11. The molecule has 0 aliphatic rings. The number of hydrogen-bond acceptors (Lipinski definition) is 7. The van der Waals surface area contributed by atoms with E-state index in [0.717, 1.165) is 11.3 Å². The van der Waals surface area contributed by atoms with Crippen molar-refractivity contribution in [2.45, 2.75) is 0 Å². The highest BCUT2D eigenvalue weighted by Gasteiger charge is 2.22. The Morgan fingerprint density at radius 1 is 1.41 bits per heavy atom. The highest BCUT2D eigenvalue weighted by atomic mass is 79.9. The Hall–Kier alpha value is -1.97. The van der Waals surface area contributed by atoms with E-state index < -0.39 is 22.8 Å². The van der Waals surface area contributed by atoms with Crippen LogP contribution < -0.4 is 10.9 Å². The molecule has 22 heavy (non-hydrogen) atoms. The Morgan fingerprint density at radius 3 is 2.86 bits per heavy atom. The van der Waals surface area contributed by atoms with Crippen molar-refractivity contribution in [3.05, 3.63) is 43.1 Å². The zero-order chi connectivity index (χ0) is 15.9. The maximum Gasteiger partial charge on any atom is 0.353 e. The summed E-state index contributed by atoms with van der Waals surface area (Å²) in [6, 6.07) is 4.34. The molecule has 2 heterocycles. The van der Waals surface area contributed by atoms with Crippen molar-refractivity contribution in [2.75, 3.05) is 5.32 Å².